The monoisotopic (exact) mass is 336 g/mol. The molecule has 0 bridgehead atoms. The predicted molar refractivity (Wildman–Crippen MR) is 98.3 cm³/mol. The molecule has 0 aliphatic rings. The zero-order valence-corrected chi connectivity index (χ0v) is 15.2. The van der Waals surface area contributed by atoms with Crippen molar-refractivity contribution in [3.05, 3.63) is 66.5 Å². The van der Waals surface area contributed by atoms with E-state index in [0.29, 0.717) is 17.5 Å². The second-order valence-corrected chi connectivity index (χ2v) is 6.63. The molecular weight excluding hydrogens is 312 g/mol. The zero-order chi connectivity index (χ0) is 18.0. The van der Waals surface area contributed by atoms with Crippen LogP contribution in [0.4, 0.5) is 0 Å². The maximum atomic E-state index is 5.72. The molecule has 2 unspecified atom stereocenters. The SMILES string of the molecule is C=CC(C)n1nc(-c2ccc(C)o2)nc1C(c1cccnc1)C(C)C. The van der Waals surface area contributed by atoms with Crippen LogP contribution in [0.2, 0.25) is 0 Å². The summed E-state index contributed by atoms with van der Waals surface area (Å²) in [5.41, 5.74) is 1.13. The second kappa shape index (κ2) is 7.05. The third-order valence-corrected chi connectivity index (χ3v) is 4.33. The van der Waals surface area contributed by atoms with Crippen molar-refractivity contribution in [1.29, 1.82) is 0 Å². The summed E-state index contributed by atoms with van der Waals surface area (Å²) in [6, 6.07) is 7.91. The van der Waals surface area contributed by atoms with Crippen LogP contribution in [-0.2, 0) is 0 Å². The number of aromatic nitrogens is 4. The molecule has 25 heavy (non-hydrogen) atoms. The molecule has 0 aliphatic heterocycles. The highest BCUT2D eigenvalue weighted by molar-refractivity contribution is 5.47. The lowest BCUT2D eigenvalue weighted by atomic mass is 9.88. The van der Waals surface area contributed by atoms with Crippen molar-refractivity contribution >= 4 is 0 Å². The van der Waals surface area contributed by atoms with E-state index in [9.17, 15) is 0 Å². The van der Waals surface area contributed by atoms with Crippen LogP contribution in [0, 0.1) is 12.8 Å². The van der Waals surface area contributed by atoms with Gasteiger partial charge in [0.15, 0.2) is 5.76 Å². The Labute approximate surface area is 148 Å². The Kier molecular flexibility index (Phi) is 4.83. The Bertz CT molecular complexity index is 848. The lowest BCUT2D eigenvalue weighted by molar-refractivity contribution is 0.471. The Hall–Kier alpha value is -2.69. The minimum absolute atomic E-state index is 0.0326. The number of rotatable bonds is 6. The maximum Gasteiger partial charge on any atom is 0.217 e. The molecular formula is C20H24N4O. The van der Waals surface area contributed by atoms with Gasteiger partial charge >= 0.3 is 0 Å². The van der Waals surface area contributed by atoms with Gasteiger partial charge in [0.1, 0.15) is 11.6 Å². The van der Waals surface area contributed by atoms with E-state index >= 15 is 0 Å². The van der Waals surface area contributed by atoms with Gasteiger partial charge in [-0.05, 0) is 43.5 Å². The topological polar surface area (TPSA) is 56.7 Å². The van der Waals surface area contributed by atoms with Gasteiger partial charge in [-0.15, -0.1) is 11.7 Å². The maximum absolute atomic E-state index is 5.72. The fourth-order valence-electron chi connectivity index (χ4n) is 3.00. The minimum atomic E-state index is 0.0326. The van der Waals surface area contributed by atoms with Crippen LogP contribution in [0.15, 0.2) is 53.7 Å². The van der Waals surface area contributed by atoms with Crippen LogP contribution in [0.5, 0.6) is 0 Å². The van der Waals surface area contributed by atoms with Gasteiger partial charge in [0.25, 0.3) is 0 Å². The Morgan fingerprint density at radius 1 is 1.20 bits per heavy atom. The standard InChI is InChI=1S/C20H24N4O/c1-6-14(4)24-20(18(13(2)3)16-8-7-11-21-12-16)22-19(23-24)17-10-9-15(5)25-17/h6-14,18H,1H2,2-5H3. The first-order valence-corrected chi connectivity index (χ1v) is 8.57. The fourth-order valence-corrected chi connectivity index (χ4v) is 3.00. The lowest BCUT2D eigenvalue weighted by Crippen LogP contribution is -2.18. The van der Waals surface area contributed by atoms with Crippen LogP contribution >= 0.6 is 0 Å². The summed E-state index contributed by atoms with van der Waals surface area (Å²) >= 11 is 0. The van der Waals surface area contributed by atoms with Crippen LogP contribution in [0.3, 0.4) is 0 Å². The molecule has 130 valence electrons. The van der Waals surface area contributed by atoms with Crippen molar-refractivity contribution in [1.82, 2.24) is 19.7 Å². The molecule has 2 atom stereocenters. The quantitative estimate of drug-likeness (QED) is 0.608. The summed E-state index contributed by atoms with van der Waals surface area (Å²) in [5.74, 6) is 3.47. The average Bonchev–Trinajstić information content (AvgIpc) is 3.22. The molecule has 3 heterocycles. The summed E-state index contributed by atoms with van der Waals surface area (Å²) in [5, 5.41) is 4.71. The molecule has 5 nitrogen and oxygen atoms in total. The van der Waals surface area contributed by atoms with Crippen molar-refractivity contribution in [3.8, 4) is 11.6 Å². The molecule has 0 fully saturated rings. The first kappa shape index (κ1) is 17.1. The molecule has 5 heteroatoms. The van der Waals surface area contributed by atoms with Gasteiger partial charge in [-0.1, -0.05) is 26.0 Å². The molecule has 3 aromatic heterocycles. The highest BCUT2D eigenvalue weighted by atomic mass is 16.3. The molecule has 0 aromatic carbocycles. The van der Waals surface area contributed by atoms with Crippen molar-refractivity contribution in [2.24, 2.45) is 5.92 Å². The number of hydrogen-bond acceptors (Lipinski definition) is 4. The van der Waals surface area contributed by atoms with E-state index in [1.54, 1.807) is 6.20 Å². The van der Waals surface area contributed by atoms with E-state index < -0.39 is 0 Å². The van der Waals surface area contributed by atoms with Crippen LogP contribution in [0.1, 0.15) is 49.9 Å². The Morgan fingerprint density at radius 3 is 2.56 bits per heavy atom. The molecule has 0 radical (unpaired) electrons. The van der Waals surface area contributed by atoms with E-state index in [-0.39, 0.29) is 12.0 Å². The third kappa shape index (κ3) is 3.40. The molecule has 0 saturated carbocycles. The minimum Gasteiger partial charge on any atom is -0.458 e. The predicted octanol–water partition coefficient (Wildman–Crippen LogP) is 4.78. The van der Waals surface area contributed by atoms with Gasteiger partial charge < -0.3 is 4.42 Å². The summed E-state index contributed by atoms with van der Waals surface area (Å²) in [4.78, 5) is 9.12. The second-order valence-electron chi connectivity index (χ2n) is 6.63. The summed E-state index contributed by atoms with van der Waals surface area (Å²) in [7, 11) is 0. The highest BCUT2D eigenvalue weighted by Crippen LogP contribution is 2.33. The zero-order valence-electron chi connectivity index (χ0n) is 15.2. The van der Waals surface area contributed by atoms with E-state index in [1.807, 2.05) is 42.1 Å². The summed E-state index contributed by atoms with van der Waals surface area (Å²) in [6.45, 7) is 12.3. The average molecular weight is 336 g/mol. The van der Waals surface area contributed by atoms with Gasteiger partial charge in [-0.25, -0.2) is 9.67 Å². The van der Waals surface area contributed by atoms with Gasteiger partial charge in [-0.2, -0.15) is 0 Å². The van der Waals surface area contributed by atoms with Crippen molar-refractivity contribution < 1.29 is 4.42 Å². The molecule has 0 aliphatic carbocycles. The van der Waals surface area contributed by atoms with Gasteiger partial charge in [0.2, 0.25) is 5.82 Å². The van der Waals surface area contributed by atoms with Crippen LogP contribution in [-0.4, -0.2) is 19.7 Å². The molecule has 0 N–H and O–H groups in total. The molecule has 0 saturated heterocycles. The van der Waals surface area contributed by atoms with Crippen molar-refractivity contribution in [2.45, 2.75) is 39.7 Å². The Balaban J connectivity index is 2.15. The van der Waals surface area contributed by atoms with Crippen LogP contribution < -0.4 is 0 Å². The highest BCUT2D eigenvalue weighted by Gasteiger charge is 2.27. The first-order chi connectivity index (χ1) is 12.0. The molecule has 3 rings (SSSR count). The van der Waals surface area contributed by atoms with Crippen molar-refractivity contribution in [2.75, 3.05) is 0 Å². The summed E-state index contributed by atoms with van der Waals surface area (Å²) < 4.78 is 7.66. The number of nitrogens with zero attached hydrogens (tertiary/aromatic N) is 4. The van der Waals surface area contributed by atoms with Gasteiger partial charge in [0, 0.05) is 18.3 Å². The fraction of sp³-hybridized carbons (Fsp3) is 0.350. The van der Waals surface area contributed by atoms with E-state index in [4.69, 9.17) is 14.5 Å². The van der Waals surface area contributed by atoms with Gasteiger partial charge in [0.05, 0.1) is 6.04 Å². The molecule has 0 amide bonds. The smallest absolute Gasteiger partial charge is 0.217 e. The van der Waals surface area contributed by atoms with Crippen molar-refractivity contribution in [3.63, 3.8) is 0 Å². The van der Waals surface area contributed by atoms with E-state index in [0.717, 1.165) is 17.1 Å². The van der Waals surface area contributed by atoms with Gasteiger partial charge in [-0.3, -0.25) is 4.98 Å². The number of aryl methyl sites for hydroxylation is 1. The normalized spacial score (nSPS) is 13.8. The summed E-state index contributed by atoms with van der Waals surface area (Å²) in [6.07, 6.45) is 5.56. The number of furan rings is 1. The lowest BCUT2D eigenvalue weighted by Gasteiger charge is -2.22. The Morgan fingerprint density at radius 2 is 2.00 bits per heavy atom. The number of allylic oxidation sites excluding steroid dienone is 1. The van der Waals surface area contributed by atoms with E-state index in [2.05, 4.69) is 38.4 Å². The molecule has 0 spiro atoms. The first-order valence-electron chi connectivity index (χ1n) is 8.57. The number of hydrogen-bond donors (Lipinski definition) is 0. The largest absolute Gasteiger partial charge is 0.458 e. The number of pyridine rings is 1. The van der Waals surface area contributed by atoms with Crippen LogP contribution in [0.25, 0.3) is 11.6 Å². The molecule has 3 aromatic rings. The third-order valence-electron chi connectivity index (χ3n) is 4.33. The van der Waals surface area contributed by atoms with E-state index in [1.165, 1.54) is 0 Å².